The van der Waals surface area contributed by atoms with Gasteiger partial charge in [-0.25, -0.2) is 0 Å². The van der Waals surface area contributed by atoms with Crippen molar-refractivity contribution in [1.82, 2.24) is 14.7 Å². The monoisotopic (exact) mass is 347 g/mol. The summed E-state index contributed by atoms with van der Waals surface area (Å²) < 4.78 is 8.31. The van der Waals surface area contributed by atoms with E-state index in [1.807, 2.05) is 4.68 Å². The van der Waals surface area contributed by atoms with Crippen molar-refractivity contribution in [1.29, 1.82) is 0 Å². The van der Waals surface area contributed by atoms with E-state index in [-0.39, 0.29) is 5.60 Å². The molecule has 3 rings (SSSR count). The summed E-state index contributed by atoms with van der Waals surface area (Å²) in [5.74, 6) is 0.654. The van der Waals surface area contributed by atoms with Crippen molar-refractivity contribution in [3.63, 3.8) is 0 Å². The van der Waals surface area contributed by atoms with E-state index in [0.29, 0.717) is 11.3 Å². The lowest BCUT2D eigenvalue weighted by molar-refractivity contribution is -0.0294. The molecule has 2 heterocycles. The zero-order chi connectivity index (χ0) is 18.1. The number of hydrogen-bond acceptors (Lipinski definition) is 3. The molecule has 0 radical (unpaired) electrons. The molecule has 0 unspecified atom stereocenters. The molecule has 1 spiro atoms. The van der Waals surface area contributed by atoms with E-state index in [9.17, 15) is 0 Å². The van der Waals surface area contributed by atoms with Crippen LogP contribution in [0.15, 0.2) is 6.20 Å². The Bertz CT molecular complexity index is 570. The van der Waals surface area contributed by atoms with E-state index < -0.39 is 0 Å². The average Bonchev–Trinajstić information content (AvgIpc) is 3.06. The van der Waals surface area contributed by atoms with Crippen LogP contribution in [0.3, 0.4) is 0 Å². The van der Waals surface area contributed by atoms with Gasteiger partial charge in [-0.1, -0.05) is 27.2 Å². The van der Waals surface area contributed by atoms with Gasteiger partial charge in [-0.15, -0.1) is 0 Å². The van der Waals surface area contributed by atoms with E-state index in [4.69, 9.17) is 9.84 Å². The molecular weight excluding hydrogens is 310 g/mol. The normalized spacial score (nSPS) is 29.0. The quantitative estimate of drug-likeness (QED) is 0.759. The molecule has 25 heavy (non-hydrogen) atoms. The molecule has 0 N–H and O–H groups in total. The first kappa shape index (κ1) is 18.9. The minimum Gasteiger partial charge on any atom is -0.374 e. The number of rotatable bonds is 6. The third-order valence-electron chi connectivity index (χ3n) is 6.16. The van der Waals surface area contributed by atoms with Crippen LogP contribution in [0.25, 0.3) is 0 Å². The smallest absolute Gasteiger partial charge is 0.0799 e. The fourth-order valence-electron chi connectivity index (χ4n) is 4.88. The van der Waals surface area contributed by atoms with E-state index in [1.54, 1.807) is 0 Å². The maximum atomic E-state index is 6.30. The first-order chi connectivity index (χ1) is 11.8. The van der Waals surface area contributed by atoms with Gasteiger partial charge in [0.05, 0.1) is 17.9 Å². The standard InChI is InChI=1S/C21H37N3O/c1-6-7-12-23(4)14-19-18(13-24(5)22-19)17-8-10-21(11-9-17)15-20(2,3)16-25-21/h13,17H,6-12,14-16H2,1-5H3. The third-order valence-corrected chi connectivity index (χ3v) is 6.16. The Balaban J connectivity index is 1.63. The minimum absolute atomic E-state index is 0.167. The predicted molar refractivity (Wildman–Crippen MR) is 103 cm³/mol. The van der Waals surface area contributed by atoms with Gasteiger partial charge in [0.2, 0.25) is 0 Å². The van der Waals surface area contributed by atoms with Crippen molar-refractivity contribution in [3.8, 4) is 0 Å². The fraction of sp³-hybridized carbons (Fsp3) is 0.857. The van der Waals surface area contributed by atoms with Crippen molar-refractivity contribution in [2.75, 3.05) is 20.2 Å². The van der Waals surface area contributed by atoms with Gasteiger partial charge in [0, 0.05) is 19.8 Å². The SMILES string of the molecule is CCCCN(C)Cc1nn(C)cc1C1CCC2(CC1)CC(C)(C)CO2. The molecule has 1 saturated heterocycles. The van der Waals surface area contributed by atoms with E-state index in [0.717, 1.165) is 19.7 Å². The summed E-state index contributed by atoms with van der Waals surface area (Å²) in [5.41, 5.74) is 3.29. The van der Waals surface area contributed by atoms with Crippen molar-refractivity contribution in [3.05, 3.63) is 17.5 Å². The summed E-state index contributed by atoms with van der Waals surface area (Å²) in [5, 5.41) is 4.79. The Morgan fingerprint density at radius 3 is 2.64 bits per heavy atom. The highest BCUT2D eigenvalue weighted by Gasteiger charge is 2.46. The van der Waals surface area contributed by atoms with Crippen LogP contribution in [0.5, 0.6) is 0 Å². The van der Waals surface area contributed by atoms with Gasteiger partial charge in [-0.05, 0) is 69.0 Å². The van der Waals surface area contributed by atoms with Crippen molar-refractivity contribution in [2.45, 2.75) is 83.8 Å². The molecule has 1 aliphatic heterocycles. The van der Waals surface area contributed by atoms with Gasteiger partial charge >= 0.3 is 0 Å². The van der Waals surface area contributed by atoms with Crippen molar-refractivity contribution >= 4 is 0 Å². The summed E-state index contributed by atoms with van der Waals surface area (Å²) in [6.45, 7) is 10.0. The second kappa shape index (κ2) is 7.40. The number of ether oxygens (including phenoxy) is 1. The number of aryl methyl sites for hydroxylation is 1. The zero-order valence-electron chi connectivity index (χ0n) is 17.0. The lowest BCUT2D eigenvalue weighted by Gasteiger charge is -2.37. The maximum Gasteiger partial charge on any atom is 0.0799 e. The van der Waals surface area contributed by atoms with Crippen LogP contribution in [-0.2, 0) is 18.3 Å². The summed E-state index contributed by atoms with van der Waals surface area (Å²) in [6, 6.07) is 0. The van der Waals surface area contributed by atoms with Gasteiger partial charge < -0.3 is 9.64 Å². The Morgan fingerprint density at radius 1 is 1.32 bits per heavy atom. The van der Waals surface area contributed by atoms with Crippen LogP contribution in [-0.4, -0.2) is 40.5 Å². The molecule has 2 fully saturated rings. The van der Waals surface area contributed by atoms with Crippen LogP contribution in [0.1, 0.15) is 82.9 Å². The molecule has 1 aromatic heterocycles. The first-order valence-electron chi connectivity index (χ1n) is 10.2. The van der Waals surface area contributed by atoms with Gasteiger partial charge in [-0.3, -0.25) is 4.68 Å². The highest BCUT2D eigenvalue weighted by Crippen LogP contribution is 2.50. The molecule has 0 atom stereocenters. The number of aromatic nitrogens is 2. The molecule has 142 valence electrons. The fourth-order valence-corrected chi connectivity index (χ4v) is 4.88. The van der Waals surface area contributed by atoms with Crippen LogP contribution >= 0.6 is 0 Å². The molecule has 4 nitrogen and oxygen atoms in total. The molecule has 1 aliphatic carbocycles. The molecule has 0 bridgehead atoms. The summed E-state index contributed by atoms with van der Waals surface area (Å²) in [6.07, 6.45) is 10.9. The average molecular weight is 348 g/mol. The minimum atomic E-state index is 0.167. The van der Waals surface area contributed by atoms with E-state index >= 15 is 0 Å². The first-order valence-corrected chi connectivity index (χ1v) is 10.2. The van der Waals surface area contributed by atoms with Crippen LogP contribution in [0.4, 0.5) is 0 Å². The van der Waals surface area contributed by atoms with Crippen LogP contribution < -0.4 is 0 Å². The molecule has 4 heteroatoms. The molecule has 0 amide bonds. The topological polar surface area (TPSA) is 30.3 Å². The molecule has 2 aliphatic rings. The second-order valence-electron chi connectivity index (χ2n) is 9.38. The van der Waals surface area contributed by atoms with Crippen LogP contribution in [0, 0.1) is 5.41 Å². The maximum absolute atomic E-state index is 6.30. The summed E-state index contributed by atoms with van der Waals surface area (Å²) in [7, 11) is 4.28. The Kier molecular flexibility index (Phi) is 5.60. The Hall–Kier alpha value is -0.870. The lowest BCUT2D eigenvalue weighted by Crippen LogP contribution is -2.33. The van der Waals surface area contributed by atoms with Gasteiger partial charge in [0.25, 0.3) is 0 Å². The van der Waals surface area contributed by atoms with Crippen molar-refractivity contribution < 1.29 is 4.74 Å². The summed E-state index contributed by atoms with van der Waals surface area (Å²) >= 11 is 0. The highest BCUT2D eigenvalue weighted by molar-refractivity contribution is 5.23. The lowest BCUT2D eigenvalue weighted by atomic mass is 9.72. The Morgan fingerprint density at radius 2 is 2.04 bits per heavy atom. The van der Waals surface area contributed by atoms with E-state index in [1.165, 1.54) is 56.2 Å². The van der Waals surface area contributed by atoms with E-state index in [2.05, 4.69) is 46.0 Å². The van der Waals surface area contributed by atoms with Gasteiger partial charge in [-0.2, -0.15) is 5.10 Å². The molecule has 1 aromatic rings. The highest BCUT2D eigenvalue weighted by atomic mass is 16.5. The van der Waals surface area contributed by atoms with Crippen molar-refractivity contribution in [2.24, 2.45) is 12.5 Å². The Labute approximate surface area is 153 Å². The zero-order valence-corrected chi connectivity index (χ0v) is 17.0. The number of nitrogens with zero attached hydrogens (tertiary/aromatic N) is 3. The second-order valence-corrected chi connectivity index (χ2v) is 9.38. The molecule has 1 saturated carbocycles. The predicted octanol–water partition coefficient (Wildman–Crippen LogP) is 4.49. The summed E-state index contributed by atoms with van der Waals surface area (Å²) in [4.78, 5) is 2.42. The van der Waals surface area contributed by atoms with Gasteiger partial charge in [0.15, 0.2) is 0 Å². The van der Waals surface area contributed by atoms with Crippen LogP contribution in [0.2, 0.25) is 0 Å². The largest absolute Gasteiger partial charge is 0.374 e. The number of unbranched alkanes of at least 4 members (excludes halogenated alkanes) is 1. The third kappa shape index (κ3) is 4.46. The van der Waals surface area contributed by atoms with Gasteiger partial charge in [0.1, 0.15) is 0 Å². The molecule has 0 aromatic carbocycles. The molecular formula is C21H37N3O. The number of hydrogen-bond donors (Lipinski definition) is 0.